The van der Waals surface area contributed by atoms with Crippen molar-refractivity contribution in [3.05, 3.63) is 102 Å². The van der Waals surface area contributed by atoms with E-state index in [-0.39, 0.29) is 6.61 Å². The lowest BCUT2D eigenvalue weighted by atomic mass is 10.1. The first-order chi connectivity index (χ1) is 13.3. The van der Waals surface area contributed by atoms with Crippen molar-refractivity contribution in [3.8, 4) is 10.4 Å². The Kier molecular flexibility index (Phi) is 5.28. The molecule has 4 aromatic rings. The predicted octanol–water partition coefficient (Wildman–Crippen LogP) is 5.64. The van der Waals surface area contributed by atoms with Crippen LogP contribution in [0.1, 0.15) is 11.1 Å². The fourth-order valence-corrected chi connectivity index (χ4v) is 3.88. The fourth-order valence-electron chi connectivity index (χ4n) is 2.94. The van der Waals surface area contributed by atoms with Crippen molar-refractivity contribution in [2.24, 2.45) is 0 Å². The van der Waals surface area contributed by atoms with Crippen LogP contribution in [0.25, 0.3) is 10.4 Å². The van der Waals surface area contributed by atoms with Crippen molar-refractivity contribution in [2.45, 2.75) is 13.2 Å². The van der Waals surface area contributed by atoms with Crippen molar-refractivity contribution in [1.82, 2.24) is 4.98 Å². The average molecular weight is 372 g/mol. The predicted molar refractivity (Wildman–Crippen MR) is 112 cm³/mol. The zero-order chi connectivity index (χ0) is 18.5. The van der Waals surface area contributed by atoms with Gasteiger partial charge in [-0.05, 0) is 28.8 Å². The van der Waals surface area contributed by atoms with Crippen LogP contribution in [0.3, 0.4) is 0 Å². The molecule has 0 aliphatic rings. The second-order valence-electron chi connectivity index (χ2n) is 6.27. The molecule has 0 unspecified atom stereocenters. The standard InChI is InChI=1S/C23H20N2OS/c26-17-19-11-13-20(14-12-19)22-15-24-23(27-22)25(21-9-5-2-6-10-21)16-18-7-3-1-4-8-18/h1-15,26H,16-17H2. The molecular weight excluding hydrogens is 352 g/mol. The topological polar surface area (TPSA) is 36.4 Å². The highest BCUT2D eigenvalue weighted by Crippen LogP contribution is 2.35. The summed E-state index contributed by atoms with van der Waals surface area (Å²) in [7, 11) is 0. The molecular formula is C23H20N2OS. The highest BCUT2D eigenvalue weighted by atomic mass is 32.1. The first-order valence-electron chi connectivity index (χ1n) is 8.86. The maximum atomic E-state index is 9.23. The monoisotopic (exact) mass is 372 g/mol. The first-order valence-corrected chi connectivity index (χ1v) is 9.67. The minimum atomic E-state index is 0.0626. The number of thiazole rings is 1. The van der Waals surface area contributed by atoms with E-state index < -0.39 is 0 Å². The lowest BCUT2D eigenvalue weighted by molar-refractivity contribution is 0.282. The number of aromatic nitrogens is 1. The minimum absolute atomic E-state index is 0.0626. The summed E-state index contributed by atoms with van der Waals surface area (Å²) in [5, 5.41) is 10.2. The molecule has 0 spiro atoms. The molecule has 4 rings (SSSR count). The number of hydrogen-bond acceptors (Lipinski definition) is 4. The summed E-state index contributed by atoms with van der Waals surface area (Å²) in [6, 6.07) is 28.8. The van der Waals surface area contributed by atoms with Gasteiger partial charge in [0.05, 0.1) is 18.0 Å². The Balaban J connectivity index is 1.67. The van der Waals surface area contributed by atoms with E-state index in [0.717, 1.165) is 33.4 Å². The molecule has 0 aliphatic carbocycles. The van der Waals surface area contributed by atoms with Gasteiger partial charge in [-0.15, -0.1) is 0 Å². The van der Waals surface area contributed by atoms with Gasteiger partial charge in [-0.2, -0.15) is 0 Å². The number of aliphatic hydroxyl groups excluding tert-OH is 1. The smallest absolute Gasteiger partial charge is 0.190 e. The molecule has 0 bridgehead atoms. The lowest BCUT2D eigenvalue weighted by Gasteiger charge is -2.22. The molecule has 1 heterocycles. The third-order valence-electron chi connectivity index (χ3n) is 4.40. The maximum Gasteiger partial charge on any atom is 0.190 e. The van der Waals surface area contributed by atoms with E-state index in [4.69, 9.17) is 4.98 Å². The number of para-hydroxylation sites is 1. The van der Waals surface area contributed by atoms with Crippen LogP contribution in [0, 0.1) is 0 Å². The molecule has 4 heteroatoms. The van der Waals surface area contributed by atoms with E-state index in [2.05, 4.69) is 53.4 Å². The zero-order valence-corrected chi connectivity index (χ0v) is 15.6. The van der Waals surface area contributed by atoms with E-state index in [1.807, 2.05) is 42.6 Å². The second kappa shape index (κ2) is 8.16. The van der Waals surface area contributed by atoms with Crippen LogP contribution in [-0.2, 0) is 13.2 Å². The largest absolute Gasteiger partial charge is 0.392 e. The van der Waals surface area contributed by atoms with Crippen molar-refractivity contribution >= 4 is 22.2 Å². The van der Waals surface area contributed by atoms with Crippen LogP contribution in [0.15, 0.2) is 91.1 Å². The molecule has 27 heavy (non-hydrogen) atoms. The summed E-state index contributed by atoms with van der Waals surface area (Å²) in [5.74, 6) is 0. The number of rotatable bonds is 6. The number of aliphatic hydroxyl groups is 1. The van der Waals surface area contributed by atoms with Gasteiger partial charge in [0.2, 0.25) is 0 Å². The maximum absolute atomic E-state index is 9.23. The molecule has 0 amide bonds. The molecule has 0 radical (unpaired) electrons. The van der Waals surface area contributed by atoms with E-state index >= 15 is 0 Å². The van der Waals surface area contributed by atoms with Crippen LogP contribution < -0.4 is 4.90 Å². The molecule has 3 nitrogen and oxygen atoms in total. The Morgan fingerprint density at radius 1 is 0.778 bits per heavy atom. The molecule has 1 aromatic heterocycles. The van der Waals surface area contributed by atoms with Gasteiger partial charge in [0.1, 0.15) is 0 Å². The van der Waals surface area contributed by atoms with E-state index in [0.29, 0.717) is 0 Å². The molecule has 134 valence electrons. The molecule has 0 atom stereocenters. The lowest BCUT2D eigenvalue weighted by Crippen LogP contribution is -2.15. The Morgan fingerprint density at radius 3 is 2.11 bits per heavy atom. The van der Waals surface area contributed by atoms with Crippen LogP contribution >= 0.6 is 11.3 Å². The van der Waals surface area contributed by atoms with E-state index in [1.54, 1.807) is 11.3 Å². The fraction of sp³-hybridized carbons (Fsp3) is 0.0870. The summed E-state index contributed by atoms with van der Waals surface area (Å²) in [6.45, 7) is 0.828. The average Bonchev–Trinajstić information content (AvgIpc) is 3.23. The molecule has 0 saturated carbocycles. The molecule has 0 fully saturated rings. The van der Waals surface area contributed by atoms with Crippen LogP contribution in [0.4, 0.5) is 10.8 Å². The van der Waals surface area contributed by atoms with Crippen molar-refractivity contribution in [2.75, 3.05) is 4.90 Å². The van der Waals surface area contributed by atoms with Crippen molar-refractivity contribution in [1.29, 1.82) is 0 Å². The summed E-state index contributed by atoms with van der Waals surface area (Å²) in [6.07, 6.45) is 1.93. The Hall–Kier alpha value is -2.95. The molecule has 1 N–H and O–H groups in total. The van der Waals surface area contributed by atoms with Gasteiger partial charge in [-0.3, -0.25) is 0 Å². The van der Waals surface area contributed by atoms with Gasteiger partial charge < -0.3 is 10.0 Å². The van der Waals surface area contributed by atoms with E-state index in [1.165, 1.54) is 5.56 Å². The van der Waals surface area contributed by atoms with Crippen LogP contribution in [0.2, 0.25) is 0 Å². The third kappa shape index (κ3) is 4.08. The van der Waals surface area contributed by atoms with Crippen LogP contribution in [-0.4, -0.2) is 10.1 Å². The third-order valence-corrected chi connectivity index (χ3v) is 5.47. The highest BCUT2D eigenvalue weighted by molar-refractivity contribution is 7.19. The Morgan fingerprint density at radius 2 is 1.44 bits per heavy atom. The molecule has 0 saturated heterocycles. The second-order valence-corrected chi connectivity index (χ2v) is 7.28. The highest BCUT2D eigenvalue weighted by Gasteiger charge is 2.15. The quantitative estimate of drug-likeness (QED) is 0.476. The van der Waals surface area contributed by atoms with Crippen LogP contribution in [0.5, 0.6) is 0 Å². The van der Waals surface area contributed by atoms with E-state index in [9.17, 15) is 5.11 Å². The van der Waals surface area contributed by atoms with Gasteiger partial charge in [0.25, 0.3) is 0 Å². The number of anilines is 2. The van der Waals surface area contributed by atoms with Gasteiger partial charge in [-0.25, -0.2) is 4.98 Å². The number of benzene rings is 3. The van der Waals surface area contributed by atoms with Gasteiger partial charge in [0.15, 0.2) is 5.13 Å². The summed E-state index contributed by atoms with van der Waals surface area (Å²) in [4.78, 5) is 8.06. The molecule has 3 aromatic carbocycles. The first kappa shape index (κ1) is 17.5. The van der Waals surface area contributed by atoms with Gasteiger partial charge in [-0.1, -0.05) is 84.1 Å². The summed E-state index contributed by atoms with van der Waals surface area (Å²) in [5.41, 5.74) is 4.39. The number of nitrogens with zero attached hydrogens (tertiary/aromatic N) is 2. The Bertz CT molecular complexity index is 982. The normalized spacial score (nSPS) is 10.7. The minimum Gasteiger partial charge on any atom is -0.392 e. The number of hydrogen-bond donors (Lipinski definition) is 1. The van der Waals surface area contributed by atoms with Crippen molar-refractivity contribution < 1.29 is 5.11 Å². The van der Waals surface area contributed by atoms with Crippen molar-refractivity contribution in [3.63, 3.8) is 0 Å². The summed E-state index contributed by atoms with van der Waals surface area (Å²) < 4.78 is 0. The van der Waals surface area contributed by atoms with Gasteiger partial charge in [0, 0.05) is 11.9 Å². The zero-order valence-electron chi connectivity index (χ0n) is 14.8. The Labute approximate surface area is 163 Å². The molecule has 0 aliphatic heterocycles. The van der Waals surface area contributed by atoms with Gasteiger partial charge >= 0.3 is 0 Å². The SMILES string of the molecule is OCc1ccc(-c2cnc(N(Cc3ccccc3)c3ccccc3)s2)cc1. The summed E-state index contributed by atoms with van der Waals surface area (Å²) >= 11 is 1.67.